The molecule has 0 aliphatic carbocycles. The van der Waals surface area contributed by atoms with Crippen LogP contribution in [0.2, 0.25) is 0 Å². The standard InChI is InChI=1S/C13H18O5/c1-13(2,16)6-7-18-10-5-4-9(12(14)15)8-11(10)17-3/h4-5,8,16H,6-7H2,1-3H3,(H,14,15). The number of carboxylic acid groups (broad SMARTS) is 1. The maximum absolute atomic E-state index is 10.8. The van der Waals surface area contributed by atoms with Crippen LogP contribution in [-0.4, -0.2) is 35.5 Å². The van der Waals surface area contributed by atoms with Crippen LogP contribution in [0.1, 0.15) is 30.6 Å². The smallest absolute Gasteiger partial charge is 0.335 e. The first-order valence-corrected chi connectivity index (χ1v) is 5.60. The zero-order valence-electron chi connectivity index (χ0n) is 10.8. The summed E-state index contributed by atoms with van der Waals surface area (Å²) in [5, 5.41) is 18.4. The number of aliphatic hydroxyl groups is 1. The summed E-state index contributed by atoms with van der Waals surface area (Å²) in [5.41, 5.74) is -0.657. The van der Waals surface area contributed by atoms with Gasteiger partial charge in [0.25, 0.3) is 0 Å². The Kier molecular flexibility index (Phi) is 4.55. The van der Waals surface area contributed by atoms with Crippen molar-refractivity contribution in [3.05, 3.63) is 23.8 Å². The molecule has 5 nitrogen and oxygen atoms in total. The van der Waals surface area contributed by atoms with Crippen LogP contribution in [0.15, 0.2) is 18.2 Å². The Morgan fingerprint density at radius 3 is 2.50 bits per heavy atom. The third-order valence-electron chi connectivity index (χ3n) is 2.38. The molecule has 100 valence electrons. The highest BCUT2D eigenvalue weighted by molar-refractivity contribution is 5.88. The molecule has 0 amide bonds. The predicted octanol–water partition coefficient (Wildman–Crippen LogP) is 1.93. The van der Waals surface area contributed by atoms with Crippen molar-refractivity contribution in [1.29, 1.82) is 0 Å². The largest absolute Gasteiger partial charge is 0.493 e. The highest BCUT2D eigenvalue weighted by atomic mass is 16.5. The summed E-state index contributed by atoms with van der Waals surface area (Å²) >= 11 is 0. The summed E-state index contributed by atoms with van der Waals surface area (Å²) in [7, 11) is 1.45. The first-order valence-electron chi connectivity index (χ1n) is 5.60. The molecule has 0 spiro atoms. The molecule has 18 heavy (non-hydrogen) atoms. The van der Waals surface area contributed by atoms with Crippen LogP contribution >= 0.6 is 0 Å². The molecule has 1 rings (SSSR count). The Morgan fingerprint density at radius 2 is 2.00 bits per heavy atom. The Balaban J connectivity index is 2.74. The topological polar surface area (TPSA) is 76.0 Å². The van der Waals surface area contributed by atoms with E-state index in [1.165, 1.54) is 19.2 Å². The van der Waals surface area contributed by atoms with Gasteiger partial charge in [0.05, 0.1) is 24.9 Å². The maximum Gasteiger partial charge on any atom is 0.335 e. The third kappa shape index (κ3) is 4.25. The number of carboxylic acids is 1. The van der Waals surface area contributed by atoms with Gasteiger partial charge >= 0.3 is 5.97 Å². The zero-order chi connectivity index (χ0) is 13.8. The van der Waals surface area contributed by atoms with E-state index in [9.17, 15) is 9.90 Å². The quantitative estimate of drug-likeness (QED) is 0.811. The molecule has 0 atom stereocenters. The molecule has 0 radical (unpaired) electrons. The van der Waals surface area contributed by atoms with Crippen LogP contribution in [0.25, 0.3) is 0 Å². The number of ether oxygens (including phenoxy) is 2. The van der Waals surface area contributed by atoms with Crippen molar-refractivity contribution in [3.8, 4) is 11.5 Å². The second-order valence-corrected chi connectivity index (χ2v) is 4.58. The highest BCUT2D eigenvalue weighted by Gasteiger charge is 2.14. The molecule has 1 aromatic carbocycles. The fourth-order valence-corrected chi connectivity index (χ4v) is 1.33. The van der Waals surface area contributed by atoms with Crippen molar-refractivity contribution in [3.63, 3.8) is 0 Å². The molecular weight excluding hydrogens is 236 g/mol. The summed E-state index contributed by atoms with van der Waals surface area (Å²) in [6, 6.07) is 4.40. The summed E-state index contributed by atoms with van der Waals surface area (Å²) in [4.78, 5) is 10.8. The summed E-state index contributed by atoms with van der Waals surface area (Å²) in [5.74, 6) is -0.186. The van der Waals surface area contributed by atoms with E-state index in [-0.39, 0.29) is 5.56 Å². The van der Waals surface area contributed by atoms with E-state index < -0.39 is 11.6 Å². The molecule has 1 aromatic rings. The number of hydrogen-bond acceptors (Lipinski definition) is 4. The minimum atomic E-state index is -1.02. The average molecular weight is 254 g/mol. The van der Waals surface area contributed by atoms with Gasteiger partial charge in [0.15, 0.2) is 11.5 Å². The van der Waals surface area contributed by atoms with Crippen LogP contribution in [0.5, 0.6) is 11.5 Å². The third-order valence-corrected chi connectivity index (χ3v) is 2.38. The molecule has 0 saturated heterocycles. The second kappa shape index (κ2) is 5.73. The van der Waals surface area contributed by atoms with E-state index in [1.54, 1.807) is 19.9 Å². The van der Waals surface area contributed by atoms with Gasteiger partial charge in [-0.1, -0.05) is 0 Å². The molecule has 0 bridgehead atoms. The number of benzene rings is 1. The Bertz CT molecular complexity index is 420. The minimum absolute atomic E-state index is 0.140. The van der Waals surface area contributed by atoms with E-state index in [4.69, 9.17) is 14.6 Å². The number of aromatic carboxylic acids is 1. The van der Waals surface area contributed by atoms with Crippen LogP contribution in [0.4, 0.5) is 0 Å². The minimum Gasteiger partial charge on any atom is -0.493 e. The Labute approximate surface area is 106 Å². The molecule has 0 saturated carbocycles. The molecule has 0 unspecified atom stereocenters. The van der Waals surface area contributed by atoms with Crippen LogP contribution in [-0.2, 0) is 0 Å². The fraction of sp³-hybridized carbons (Fsp3) is 0.462. The van der Waals surface area contributed by atoms with E-state index in [0.29, 0.717) is 24.5 Å². The van der Waals surface area contributed by atoms with Crippen LogP contribution < -0.4 is 9.47 Å². The van der Waals surface area contributed by atoms with Gasteiger partial charge in [0.1, 0.15) is 0 Å². The SMILES string of the molecule is COc1cc(C(=O)O)ccc1OCCC(C)(C)O. The lowest BCUT2D eigenvalue weighted by Gasteiger charge is -2.18. The predicted molar refractivity (Wildman–Crippen MR) is 66.4 cm³/mol. The van der Waals surface area contributed by atoms with Gasteiger partial charge in [-0.3, -0.25) is 0 Å². The van der Waals surface area contributed by atoms with Gasteiger partial charge in [0, 0.05) is 6.42 Å². The van der Waals surface area contributed by atoms with Crippen molar-refractivity contribution in [1.82, 2.24) is 0 Å². The Morgan fingerprint density at radius 1 is 1.33 bits per heavy atom. The molecule has 0 aliphatic rings. The van der Waals surface area contributed by atoms with Crippen molar-refractivity contribution in [2.45, 2.75) is 25.9 Å². The maximum atomic E-state index is 10.8. The second-order valence-electron chi connectivity index (χ2n) is 4.58. The molecule has 2 N–H and O–H groups in total. The first-order chi connectivity index (χ1) is 8.33. The molecule has 0 fully saturated rings. The normalized spacial score (nSPS) is 11.1. The van der Waals surface area contributed by atoms with Crippen LogP contribution in [0.3, 0.4) is 0 Å². The van der Waals surface area contributed by atoms with E-state index >= 15 is 0 Å². The fourth-order valence-electron chi connectivity index (χ4n) is 1.33. The molecule has 5 heteroatoms. The summed E-state index contributed by atoms with van der Waals surface area (Å²) < 4.78 is 10.5. The average Bonchev–Trinajstić information content (AvgIpc) is 2.27. The zero-order valence-corrected chi connectivity index (χ0v) is 10.8. The van der Waals surface area contributed by atoms with E-state index in [0.717, 1.165) is 0 Å². The van der Waals surface area contributed by atoms with Crippen molar-refractivity contribution >= 4 is 5.97 Å². The van der Waals surface area contributed by atoms with Crippen molar-refractivity contribution < 1.29 is 24.5 Å². The monoisotopic (exact) mass is 254 g/mol. The van der Waals surface area contributed by atoms with Crippen LogP contribution in [0, 0.1) is 0 Å². The number of hydrogen-bond donors (Lipinski definition) is 2. The van der Waals surface area contributed by atoms with Gasteiger partial charge in [0.2, 0.25) is 0 Å². The van der Waals surface area contributed by atoms with Crippen molar-refractivity contribution in [2.24, 2.45) is 0 Å². The van der Waals surface area contributed by atoms with E-state index in [2.05, 4.69) is 0 Å². The molecular formula is C13H18O5. The van der Waals surface area contributed by atoms with Gasteiger partial charge in [-0.15, -0.1) is 0 Å². The lowest BCUT2D eigenvalue weighted by Crippen LogP contribution is -2.21. The first kappa shape index (κ1) is 14.3. The summed E-state index contributed by atoms with van der Waals surface area (Å²) in [6.45, 7) is 3.72. The Hall–Kier alpha value is -1.75. The lowest BCUT2D eigenvalue weighted by molar-refractivity contribution is 0.0549. The van der Waals surface area contributed by atoms with Gasteiger partial charge in [-0.05, 0) is 32.0 Å². The molecule has 0 aliphatic heterocycles. The van der Waals surface area contributed by atoms with Crippen molar-refractivity contribution in [2.75, 3.05) is 13.7 Å². The molecule has 0 heterocycles. The van der Waals surface area contributed by atoms with Gasteiger partial charge in [-0.2, -0.15) is 0 Å². The highest BCUT2D eigenvalue weighted by Crippen LogP contribution is 2.28. The number of rotatable bonds is 6. The van der Waals surface area contributed by atoms with Gasteiger partial charge < -0.3 is 19.7 Å². The molecule has 0 aromatic heterocycles. The lowest BCUT2D eigenvalue weighted by atomic mass is 10.1. The van der Waals surface area contributed by atoms with Gasteiger partial charge in [-0.25, -0.2) is 4.79 Å². The number of carbonyl (C=O) groups is 1. The summed E-state index contributed by atoms with van der Waals surface area (Å²) in [6.07, 6.45) is 0.469. The van der Waals surface area contributed by atoms with E-state index in [1.807, 2.05) is 0 Å². The number of methoxy groups -OCH3 is 1.